The van der Waals surface area contributed by atoms with Gasteiger partial charge in [-0.1, -0.05) is 24.3 Å². The number of carbonyl (C=O) groups is 2. The lowest BCUT2D eigenvalue weighted by atomic mass is 9.82. The zero-order valence-electron chi connectivity index (χ0n) is 24.6. The quantitative estimate of drug-likeness (QED) is 0.317. The van der Waals surface area contributed by atoms with Crippen LogP contribution in [-0.4, -0.2) is 43.9 Å². The minimum atomic E-state index is -3.76. The topological polar surface area (TPSA) is 131 Å². The molecule has 0 spiro atoms. The molecule has 1 atom stereocenters. The average Bonchev–Trinajstić information content (AvgIpc) is 2.84. The van der Waals surface area contributed by atoms with Crippen LogP contribution in [0.1, 0.15) is 54.7 Å². The summed E-state index contributed by atoms with van der Waals surface area (Å²) in [5, 5.41) is 13.3. The van der Waals surface area contributed by atoms with Crippen molar-refractivity contribution >= 4 is 33.3 Å². The van der Waals surface area contributed by atoms with Crippen LogP contribution in [0, 0.1) is 27.7 Å². The van der Waals surface area contributed by atoms with Gasteiger partial charge in [0.05, 0.1) is 23.2 Å². The van der Waals surface area contributed by atoms with Crippen LogP contribution in [0.3, 0.4) is 0 Å². The minimum absolute atomic E-state index is 0.0982. The second-order valence-corrected chi connectivity index (χ2v) is 13.2. The highest BCUT2D eigenvalue weighted by Crippen LogP contribution is 2.48. The van der Waals surface area contributed by atoms with E-state index >= 15 is 0 Å². The van der Waals surface area contributed by atoms with Crippen molar-refractivity contribution in [2.75, 3.05) is 22.9 Å². The van der Waals surface area contributed by atoms with Gasteiger partial charge in [0.1, 0.15) is 5.75 Å². The summed E-state index contributed by atoms with van der Waals surface area (Å²) < 4.78 is 39.6. The van der Waals surface area contributed by atoms with Gasteiger partial charge in [0, 0.05) is 11.1 Å². The fourth-order valence-corrected chi connectivity index (χ4v) is 5.75. The number of carboxylic acid groups (broad SMARTS) is 1. The van der Waals surface area contributed by atoms with E-state index in [0.29, 0.717) is 44.8 Å². The van der Waals surface area contributed by atoms with Crippen molar-refractivity contribution < 1.29 is 32.6 Å². The zero-order valence-corrected chi connectivity index (χ0v) is 25.4. The summed E-state index contributed by atoms with van der Waals surface area (Å²) in [6.45, 7) is 12.7. The highest BCUT2D eigenvalue weighted by molar-refractivity contribution is 7.92. The first-order valence-corrected chi connectivity index (χ1v) is 15.1. The van der Waals surface area contributed by atoms with E-state index in [2.05, 4.69) is 10.0 Å². The number of amides is 1. The smallest absolute Gasteiger partial charge is 0.337 e. The fourth-order valence-electron chi connectivity index (χ4n) is 5.12. The van der Waals surface area contributed by atoms with Gasteiger partial charge < -0.3 is 19.9 Å². The SMILES string of the molecule is Cc1ccc(-c2c(C)c(-c3ccc4c(c3)NC(=O)CO4)c(C(OC(C)(C)C)C(=O)O)c(C)c2NS(C)(=O)=O)cc1C. The molecular weight excluding hydrogens is 544 g/mol. The third kappa shape index (κ3) is 6.39. The van der Waals surface area contributed by atoms with Gasteiger partial charge in [-0.15, -0.1) is 0 Å². The molecule has 41 heavy (non-hydrogen) atoms. The van der Waals surface area contributed by atoms with E-state index in [-0.39, 0.29) is 18.2 Å². The predicted molar refractivity (Wildman–Crippen MR) is 160 cm³/mol. The summed E-state index contributed by atoms with van der Waals surface area (Å²) in [6, 6.07) is 11.1. The summed E-state index contributed by atoms with van der Waals surface area (Å²) >= 11 is 0. The van der Waals surface area contributed by atoms with Crippen LogP contribution in [0.25, 0.3) is 22.3 Å². The summed E-state index contributed by atoms with van der Waals surface area (Å²) in [5.41, 5.74) is 5.93. The molecule has 0 bridgehead atoms. The number of nitrogens with one attached hydrogen (secondary N) is 2. The van der Waals surface area contributed by atoms with Gasteiger partial charge >= 0.3 is 5.97 Å². The molecule has 1 amide bonds. The van der Waals surface area contributed by atoms with E-state index in [9.17, 15) is 23.1 Å². The van der Waals surface area contributed by atoms with Crippen molar-refractivity contribution in [3.05, 3.63) is 64.2 Å². The molecule has 1 unspecified atom stereocenters. The molecule has 0 fully saturated rings. The maximum absolute atomic E-state index is 12.8. The van der Waals surface area contributed by atoms with Gasteiger partial charge in [-0.05, 0) is 99.5 Å². The molecule has 9 nitrogen and oxygen atoms in total. The molecule has 218 valence electrons. The number of carbonyl (C=O) groups excluding carboxylic acids is 1. The van der Waals surface area contributed by atoms with E-state index < -0.39 is 27.7 Å². The van der Waals surface area contributed by atoms with Crippen molar-refractivity contribution in [1.29, 1.82) is 0 Å². The van der Waals surface area contributed by atoms with Crippen LogP contribution < -0.4 is 14.8 Å². The molecular formula is C31H36N2O7S. The van der Waals surface area contributed by atoms with Crippen molar-refractivity contribution in [3.8, 4) is 28.0 Å². The Labute approximate surface area is 240 Å². The Bertz CT molecular complexity index is 1670. The number of hydrogen-bond acceptors (Lipinski definition) is 6. The maximum Gasteiger partial charge on any atom is 0.337 e. The van der Waals surface area contributed by atoms with Crippen molar-refractivity contribution in [2.45, 2.75) is 60.2 Å². The first-order chi connectivity index (χ1) is 19.0. The number of benzene rings is 3. The normalized spacial score (nSPS) is 14.1. The number of fused-ring (bicyclic) bond motifs is 1. The van der Waals surface area contributed by atoms with Crippen LogP contribution in [0.5, 0.6) is 5.75 Å². The van der Waals surface area contributed by atoms with Crippen molar-refractivity contribution in [2.24, 2.45) is 0 Å². The van der Waals surface area contributed by atoms with E-state index in [0.717, 1.165) is 22.9 Å². The highest BCUT2D eigenvalue weighted by Gasteiger charge is 2.35. The molecule has 1 heterocycles. The number of carboxylic acids is 1. The lowest BCUT2D eigenvalue weighted by Gasteiger charge is -2.31. The van der Waals surface area contributed by atoms with E-state index in [1.165, 1.54) is 0 Å². The minimum Gasteiger partial charge on any atom is -0.482 e. The number of hydrogen-bond donors (Lipinski definition) is 3. The Balaban J connectivity index is 2.17. The van der Waals surface area contributed by atoms with Gasteiger partial charge in [0.15, 0.2) is 12.7 Å². The Kier molecular flexibility index (Phi) is 7.95. The first-order valence-electron chi connectivity index (χ1n) is 13.2. The third-order valence-electron chi connectivity index (χ3n) is 6.99. The van der Waals surface area contributed by atoms with Crippen LogP contribution in [0.15, 0.2) is 36.4 Å². The third-order valence-corrected chi connectivity index (χ3v) is 7.57. The number of aryl methyl sites for hydroxylation is 2. The summed E-state index contributed by atoms with van der Waals surface area (Å²) in [5.74, 6) is -1.02. The summed E-state index contributed by atoms with van der Waals surface area (Å²) in [4.78, 5) is 24.9. The van der Waals surface area contributed by atoms with Gasteiger partial charge in [-0.2, -0.15) is 0 Å². The number of rotatable bonds is 7. The van der Waals surface area contributed by atoms with E-state index in [1.807, 2.05) is 39.0 Å². The molecule has 3 N–H and O–H groups in total. The van der Waals surface area contributed by atoms with Crippen molar-refractivity contribution in [3.63, 3.8) is 0 Å². The first kappa shape index (κ1) is 30.1. The van der Waals surface area contributed by atoms with Gasteiger partial charge in [-0.25, -0.2) is 13.2 Å². The number of ether oxygens (including phenoxy) is 2. The van der Waals surface area contributed by atoms with Crippen LogP contribution >= 0.6 is 0 Å². The Hall–Kier alpha value is -3.89. The molecule has 0 saturated carbocycles. The van der Waals surface area contributed by atoms with E-state index in [1.54, 1.807) is 45.9 Å². The molecule has 1 aliphatic heterocycles. The van der Waals surface area contributed by atoms with Crippen LogP contribution in [0.4, 0.5) is 11.4 Å². The average molecular weight is 581 g/mol. The van der Waals surface area contributed by atoms with Gasteiger partial charge in [0.25, 0.3) is 5.91 Å². The molecule has 1 aliphatic rings. The van der Waals surface area contributed by atoms with Crippen LogP contribution in [0.2, 0.25) is 0 Å². The lowest BCUT2D eigenvalue weighted by Crippen LogP contribution is -2.29. The molecule has 0 aliphatic carbocycles. The Morgan fingerprint density at radius 3 is 2.22 bits per heavy atom. The predicted octanol–water partition coefficient (Wildman–Crippen LogP) is 5.90. The molecule has 3 aromatic rings. The number of anilines is 2. The maximum atomic E-state index is 12.8. The van der Waals surface area contributed by atoms with Crippen LogP contribution in [-0.2, 0) is 24.3 Å². The van der Waals surface area contributed by atoms with Crippen molar-refractivity contribution in [1.82, 2.24) is 0 Å². The summed E-state index contributed by atoms with van der Waals surface area (Å²) in [6.07, 6.45) is -0.369. The van der Waals surface area contributed by atoms with Gasteiger partial charge in [0.2, 0.25) is 10.0 Å². The standard InChI is InChI=1S/C31H36N2O7S/c1-16-9-10-20(13-17(16)2)26-18(3)25(21-11-12-23-22(14-21)32-24(34)15-39-23)27(19(4)28(26)33-41(8,37)38)29(30(35)36)40-31(5,6)7/h9-14,29,33H,15H2,1-8H3,(H,32,34)(H,35,36). The monoisotopic (exact) mass is 580 g/mol. The van der Waals surface area contributed by atoms with E-state index in [4.69, 9.17) is 9.47 Å². The Morgan fingerprint density at radius 1 is 1.00 bits per heavy atom. The molecule has 0 aromatic heterocycles. The molecule has 10 heteroatoms. The molecule has 3 aromatic carbocycles. The second-order valence-electron chi connectivity index (χ2n) is 11.5. The highest BCUT2D eigenvalue weighted by atomic mass is 32.2. The molecule has 0 saturated heterocycles. The Morgan fingerprint density at radius 2 is 1.63 bits per heavy atom. The summed E-state index contributed by atoms with van der Waals surface area (Å²) in [7, 11) is -3.76. The largest absolute Gasteiger partial charge is 0.482 e. The fraction of sp³-hybridized carbons (Fsp3) is 0.355. The number of aliphatic carboxylic acids is 1. The second kappa shape index (κ2) is 10.8. The lowest BCUT2D eigenvalue weighted by molar-refractivity contribution is -0.160. The number of sulfonamides is 1. The molecule has 4 rings (SSSR count). The zero-order chi connectivity index (χ0) is 30.4. The van der Waals surface area contributed by atoms with Gasteiger partial charge in [-0.3, -0.25) is 9.52 Å². The molecule has 0 radical (unpaired) electrons.